The van der Waals surface area contributed by atoms with Gasteiger partial charge in [-0.25, -0.2) is 4.98 Å². The van der Waals surface area contributed by atoms with Crippen LogP contribution in [0.15, 0.2) is 6.07 Å². The second-order valence-corrected chi connectivity index (χ2v) is 6.55. The molecule has 1 saturated carbocycles. The Labute approximate surface area is 123 Å². The summed E-state index contributed by atoms with van der Waals surface area (Å²) >= 11 is 0. The maximum atomic E-state index is 6.29. The third kappa shape index (κ3) is 3.72. The second kappa shape index (κ2) is 6.57. The van der Waals surface area contributed by atoms with Gasteiger partial charge in [-0.3, -0.25) is 0 Å². The molecule has 0 bridgehead atoms. The van der Waals surface area contributed by atoms with E-state index in [-0.39, 0.29) is 0 Å². The lowest BCUT2D eigenvalue weighted by Crippen LogP contribution is -2.29. The van der Waals surface area contributed by atoms with Gasteiger partial charge in [-0.15, -0.1) is 0 Å². The number of pyridine rings is 1. The first-order valence-corrected chi connectivity index (χ1v) is 7.78. The van der Waals surface area contributed by atoms with E-state index < -0.39 is 0 Å². The third-order valence-corrected chi connectivity index (χ3v) is 4.20. The van der Waals surface area contributed by atoms with Crippen LogP contribution in [0.2, 0.25) is 0 Å². The summed E-state index contributed by atoms with van der Waals surface area (Å²) in [5, 5.41) is 3.22. The van der Waals surface area contributed by atoms with Crippen LogP contribution in [-0.2, 0) is 6.54 Å². The highest BCUT2D eigenvalue weighted by Gasteiger charge is 2.26. The van der Waals surface area contributed by atoms with Gasteiger partial charge in [0.15, 0.2) is 0 Å². The number of rotatable bonds is 4. The Morgan fingerprint density at radius 3 is 2.45 bits per heavy atom. The van der Waals surface area contributed by atoms with E-state index in [1.807, 2.05) is 14.0 Å². The van der Waals surface area contributed by atoms with Crippen molar-refractivity contribution < 1.29 is 4.74 Å². The van der Waals surface area contributed by atoms with Gasteiger partial charge in [0.05, 0.1) is 0 Å². The van der Waals surface area contributed by atoms with Crippen LogP contribution in [0.3, 0.4) is 0 Å². The number of nitrogens with zero attached hydrogens (tertiary/aromatic N) is 1. The molecular weight excluding hydrogens is 248 g/mol. The van der Waals surface area contributed by atoms with Crippen molar-refractivity contribution in [1.29, 1.82) is 0 Å². The molecule has 2 rings (SSSR count). The molecule has 20 heavy (non-hydrogen) atoms. The second-order valence-electron chi connectivity index (χ2n) is 6.55. The normalized spacial score (nSPS) is 26.6. The molecule has 1 fully saturated rings. The first-order valence-electron chi connectivity index (χ1n) is 7.78. The van der Waals surface area contributed by atoms with Crippen LogP contribution in [0.5, 0.6) is 5.88 Å². The molecule has 0 saturated heterocycles. The zero-order valence-electron chi connectivity index (χ0n) is 13.5. The molecule has 1 aliphatic rings. The average molecular weight is 276 g/mol. The molecule has 0 aliphatic heterocycles. The van der Waals surface area contributed by atoms with Crippen molar-refractivity contribution in [2.45, 2.75) is 59.6 Å². The molecule has 0 aromatic carbocycles. The zero-order chi connectivity index (χ0) is 14.7. The van der Waals surface area contributed by atoms with Crippen LogP contribution in [-0.4, -0.2) is 18.1 Å². The van der Waals surface area contributed by atoms with Gasteiger partial charge in [0, 0.05) is 17.8 Å². The molecule has 1 aromatic heterocycles. The smallest absolute Gasteiger partial charge is 0.218 e. The minimum atomic E-state index is 0.318. The van der Waals surface area contributed by atoms with Crippen LogP contribution in [0.4, 0.5) is 0 Å². The fraction of sp³-hybridized carbons (Fsp3) is 0.706. The van der Waals surface area contributed by atoms with Gasteiger partial charge < -0.3 is 10.1 Å². The molecule has 112 valence electrons. The van der Waals surface area contributed by atoms with Crippen molar-refractivity contribution in [3.8, 4) is 5.88 Å². The SMILES string of the molecule is CNCc1c(C)cc(C)nc1OC1CC(C)CC(C)C1. The molecule has 1 aliphatic carbocycles. The van der Waals surface area contributed by atoms with E-state index in [4.69, 9.17) is 4.74 Å². The summed E-state index contributed by atoms with van der Waals surface area (Å²) in [5.74, 6) is 2.34. The number of nitrogens with one attached hydrogen (secondary N) is 1. The average Bonchev–Trinajstić information content (AvgIpc) is 2.32. The summed E-state index contributed by atoms with van der Waals surface area (Å²) in [6.07, 6.45) is 3.94. The lowest BCUT2D eigenvalue weighted by atomic mass is 9.82. The van der Waals surface area contributed by atoms with Crippen LogP contribution in [0.1, 0.15) is 49.9 Å². The van der Waals surface area contributed by atoms with Gasteiger partial charge >= 0.3 is 0 Å². The maximum Gasteiger partial charge on any atom is 0.218 e. The first-order chi connectivity index (χ1) is 9.49. The van der Waals surface area contributed by atoms with Gasteiger partial charge in [-0.2, -0.15) is 0 Å². The van der Waals surface area contributed by atoms with Crippen molar-refractivity contribution in [2.24, 2.45) is 11.8 Å². The molecule has 1 N–H and O–H groups in total. The standard InChI is InChI=1S/C17H28N2O/c1-11-6-12(2)8-15(7-11)20-17-16(10-18-5)13(3)9-14(4)19-17/h9,11-12,15,18H,6-8,10H2,1-5H3. The molecule has 3 nitrogen and oxygen atoms in total. The van der Waals surface area contributed by atoms with E-state index in [0.717, 1.165) is 42.8 Å². The summed E-state index contributed by atoms with van der Waals surface area (Å²) in [6, 6.07) is 2.13. The van der Waals surface area contributed by atoms with E-state index in [9.17, 15) is 0 Å². The topological polar surface area (TPSA) is 34.2 Å². The summed E-state index contributed by atoms with van der Waals surface area (Å²) in [4.78, 5) is 4.63. The molecule has 1 aromatic rings. The Morgan fingerprint density at radius 2 is 1.85 bits per heavy atom. The van der Waals surface area contributed by atoms with E-state index in [1.165, 1.54) is 17.5 Å². The van der Waals surface area contributed by atoms with Gasteiger partial charge in [0.1, 0.15) is 6.10 Å². The lowest BCUT2D eigenvalue weighted by molar-refractivity contribution is 0.0953. The summed E-state index contributed by atoms with van der Waals surface area (Å²) < 4.78 is 6.29. The van der Waals surface area contributed by atoms with E-state index in [0.29, 0.717) is 6.10 Å². The number of aromatic nitrogens is 1. The fourth-order valence-electron chi connectivity index (χ4n) is 3.45. The fourth-order valence-corrected chi connectivity index (χ4v) is 3.45. The molecule has 1 heterocycles. The highest BCUT2D eigenvalue weighted by atomic mass is 16.5. The van der Waals surface area contributed by atoms with Crippen molar-refractivity contribution in [3.05, 3.63) is 22.9 Å². The quantitative estimate of drug-likeness (QED) is 0.912. The first kappa shape index (κ1) is 15.3. The minimum Gasteiger partial charge on any atom is -0.474 e. The van der Waals surface area contributed by atoms with Gasteiger partial charge in [-0.05, 0) is 63.6 Å². The van der Waals surface area contributed by atoms with E-state index >= 15 is 0 Å². The van der Waals surface area contributed by atoms with Gasteiger partial charge in [0.2, 0.25) is 5.88 Å². The Hall–Kier alpha value is -1.09. The number of hydrogen-bond acceptors (Lipinski definition) is 3. The Kier molecular flexibility index (Phi) is 5.03. The van der Waals surface area contributed by atoms with E-state index in [2.05, 4.69) is 37.1 Å². The molecule has 0 radical (unpaired) electrons. The van der Waals surface area contributed by atoms with Gasteiger partial charge in [0.25, 0.3) is 0 Å². The van der Waals surface area contributed by atoms with Crippen LogP contribution in [0, 0.1) is 25.7 Å². The lowest BCUT2D eigenvalue weighted by Gasteiger charge is -2.32. The number of aryl methyl sites for hydroxylation is 2. The van der Waals surface area contributed by atoms with Gasteiger partial charge in [-0.1, -0.05) is 13.8 Å². The molecule has 2 atom stereocenters. The van der Waals surface area contributed by atoms with E-state index in [1.54, 1.807) is 0 Å². The molecule has 0 amide bonds. The van der Waals surface area contributed by atoms with Crippen molar-refractivity contribution >= 4 is 0 Å². The molecular formula is C17H28N2O. The predicted molar refractivity (Wildman–Crippen MR) is 83.1 cm³/mol. The number of hydrogen-bond donors (Lipinski definition) is 1. The summed E-state index contributed by atoms with van der Waals surface area (Å²) in [7, 11) is 1.97. The van der Waals surface area contributed by atoms with Crippen molar-refractivity contribution in [1.82, 2.24) is 10.3 Å². The molecule has 3 heteroatoms. The number of ether oxygens (including phenoxy) is 1. The largest absolute Gasteiger partial charge is 0.474 e. The Bertz CT molecular complexity index is 449. The zero-order valence-corrected chi connectivity index (χ0v) is 13.5. The predicted octanol–water partition coefficient (Wildman–Crippen LogP) is 3.62. The summed E-state index contributed by atoms with van der Waals surface area (Å²) in [5.41, 5.74) is 3.50. The highest BCUT2D eigenvalue weighted by molar-refractivity contribution is 5.36. The Morgan fingerprint density at radius 1 is 1.20 bits per heavy atom. The molecule has 2 unspecified atom stereocenters. The summed E-state index contributed by atoms with van der Waals surface area (Å²) in [6.45, 7) is 9.65. The van der Waals surface area contributed by atoms with Crippen LogP contribution >= 0.6 is 0 Å². The van der Waals surface area contributed by atoms with Crippen molar-refractivity contribution in [2.75, 3.05) is 7.05 Å². The molecule has 0 spiro atoms. The van der Waals surface area contributed by atoms with Crippen LogP contribution in [0.25, 0.3) is 0 Å². The monoisotopic (exact) mass is 276 g/mol. The highest BCUT2D eigenvalue weighted by Crippen LogP contribution is 2.32. The van der Waals surface area contributed by atoms with Crippen molar-refractivity contribution in [3.63, 3.8) is 0 Å². The minimum absolute atomic E-state index is 0.318. The Balaban J connectivity index is 2.19. The van der Waals surface area contributed by atoms with Crippen LogP contribution < -0.4 is 10.1 Å². The maximum absolute atomic E-state index is 6.29. The third-order valence-electron chi connectivity index (χ3n) is 4.20.